The maximum Gasteiger partial charge on any atom is 0.119 e. The zero-order valence-corrected chi connectivity index (χ0v) is 31.4. The Balaban J connectivity index is 0.959. The van der Waals surface area contributed by atoms with Crippen molar-refractivity contribution in [2.75, 3.05) is 0 Å². The average molecular weight is 737 g/mol. The first kappa shape index (κ1) is 35.4. The molecule has 0 N–H and O–H groups in total. The summed E-state index contributed by atoms with van der Waals surface area (Å²) < 4.78 is 11.9. The van der Waals surface area contributed by atoms with Crippen LogP contribution in [0, 0.1) is 0 Å². The lowest BCUT2D eigenvalue weighted by Gasteiger charge is -2.34. The smallest absolute Gasteiger partial charge is 0.119 e. The van der Waals surface area contributed by atoms with Gasteiger partial charge in [-0.1, -0.05) is 133 Å². The van der Waals surface area contributed by atoms with Gasteiger partial charge in [0.05, 0.1) is 16.8 Å². The Morgan fingerprint density at radius 1 is 0.368 bits per heavy atom. The molecule has 0 spiro atoms. The van der Waals surface area contributed by atoms with Crippen molar-refractivity contribution in [2.24, 2.45) is 9.98 Å². The summed E-state index contributed by atoms with van der Waals surface area (Å²) in [6.45, 7) is 1.08. The summed E-state index contributed by atoms with van der Waals surface area (Å²) in [5.74, 6) is 1.66. The highest BCUT2D eigenvalue weighted by Gasteiger charge is 2.45. The van der Waals surface area contributed by atoms with Crippen LogP contribution >= 0.6 is 0 Å². The van der Waals surface area contributed by atoms with Crippen LogP contribution in [0.4, 0.5) is 11.4 Å². The fourth-order valence-electron chi connectivity index (χ4n) is 7.70. The molecule has 0 saturated heterocycles. The van der Waals surface area contributed by atoms with Gasteiger partial charge in [0.15, 0.2) is 0 Å². The van der Waals surface area contributed by atoms with Gasteiger partial charge < -0.3 is 9.47 Å². The van der Waals surface area contributed by atoms with Crippen molar-refractivity contribution >= 4 is 23.8 Å². The predicted molar refractivity (Wildman–Crippen MR) is 233 cm³/mol. The van der Waals surface area contributed by atoms with Crippen molar-refractivity contribution in [1.82, 2.24) is 0 Å². The van der Waals surface area contributed by atoms with E-state index < -0.39 is 5.41 Å². The molecule has 274 valence electrons. The summed E-state index contributed by atoms with van der Waals surface area (Å²) in [6, 6.07) is 71.4. The van der Waals surface area contributed by atoms with E-state index in [0.29, 0.717) is 13.2 Å². The standard InChI is InChI=1S/C53H40N2O2/c1-3-11-41(12-4-1)37-56-47-31-19-39(20-32-47)35-54-45-27-23-43(24-28-45)53(51-17-9-7-15-49(51)50-16-8-10-18-52(50)53)44-25-29-46(30-26-44)55-36-40-21-33-48(34-22-40)57-38-42-13-5-2-6-14-42/h1-36H,37-38H2. The van der Waals surface area contributed by atoms with Crippen LogP contribution in [-0.2, 0) is 18.6 Å². The van der Waals surface area contributed by atoms with Crippen LogP contribution in [0.1, 0.15) is 44.5 Å². The average Bonchev–Trinajstić information content (AvgIpc) is 3.59. The van der Waals surface area contributed by atoms with Crippen LogP contribution in [0.25, 0.3) is 11.1 Å². The molecule has 9 rings (SSSR count). The Kier molecular flexibility index (Phi) is 10.1. The van der Waals surface area contributed by atoms with E-state index in [1.165, 1.54) is 33.4 Å². The molecule has 0 aromatic heterocycles. The number of fused-ring (bicyclic) bond motifs is 3. The molecular formula is C53H40N2O2. The van der Waals surface area contributed by atoms with Gasteiger partial charge in [0.25, 0.3) is 0 Å². The monoisotopic (exact) mass is 736 g/mol. The molecule has 0 amide bonds. The van der Waals surface area contributed by atoms with Crippen molar-refractivity contribution in [3.63, 3.8) is 0 Å². The highest BCUT2D eigenvalue weighted by Crippen LogP contribution is 2.56. The molecule has 8 aromatic rings. The quantitative estimate of drug-likeness (QED) is 0.117. The van der Waals surface area contributed by atoms with Gasteiger partial charge in [-0.3, -0.25) is 9.98 Å². The van der Waals surface area contributed by atoms with Crippen LogP contribution in [0.3, 0.4) is 0 Å². The lowest BCUT2D eigenvalue weighted by atomic mass is 9.67. The third-order valence-corrected chi connectivity index (χ3v) is 10.5. The molecule has 8 aromatic carbocycles. The number of hydrogen-bond donors (Lipinski definition) is 0. The molecule has 0 radical (unpaired) electrons. The first-order valence-corrected chi connectivity index (χ1v) is 19.2. The highest BCUT2D eigenvalue weighted by atomic mass is 16.5. The Labute approximate surface area is 334 Å². The van der Waals surface area contributed by atoms with Crippen molar-refractivity contribution in [2.45, 2.75) is 18.6 Å². The zero-order chi connectivity index (χ0) is 38.3. The van der Waals surface area contributed by atoms with Crippen LogP contribution < -0.4 is 9.47 Å². The molecule has 0 saturated carbocycles. The second-order valence-electron chi connectivity index (χ2n) is 14.1. The second-order valence-corrected chi connectivity index (χ2v) is 14.1. The zero-order valence-electron chi connectivity index (χ0n) is 31.4. The lowest BCUT2D eigenvalue weighted by Crippen LogP contribution is -2.28. The van der Waals surface area contributed by atoms with E-state index in [4.69, 9.17) is 19.5 Å². The lowest BCUT2D eigenvalue weighted by molar-refractivity contribution is 0.306. The minimum atomic E-state index is -0.511. The second kappa shape index (κ2) is 16.2. The highest BCUT2D eigenvalue weighted by molar-refractivity contribution is 5.87. The molecule has 0 aliphatic heterocycles. The summed E-state index contributed by atoms with van der Waals surface area (Å²) in [4.78, 5) is 9.69. The number of nitrogens with zero attached hydrogens (tertiary/aromatic N) is 2. The van der Waals surface area contributed by atoms with Crippen LogP contribution in [0.15, 0.2) is 216 Å². The van der Waals surface area contributed by atoms with E-state index in [0.717, 1.165) is 45.1 Å². The van der Waals surface area contributed by atoms with E-state index in [9.17, 15) is 0 Å². The SMILES string of the molecule is C(=Nc1ccc(C2(c3ccc(N=Cc4ccc(OCc5ccccc5)cc4)cc3)c3ccccc3-c3ccccc32)cc1)c1ccc(OCc2ccccc2)cc1. The molecule has 1 aliphatic rings. The molecule has 4 heteroatoms. The Morgan fingerprint density at radius 2 is 0.737 bits per heavy atom. The molecule has 0 fully saturated rings. The molecule has 4 nitrogen and oxygen atoms in total. The Bertz CT molecular complexity index is 2440. The van der Waals surface area contributed by atoms with E-state index in [1.54, 1.807) is 0 Å². The van der Waals surface area contributed by atoms with E-state index in [2.05, 4.69) is 121 Å². The largest absolute Gasteiger partial charge is 0.489 e. The van der Waals surface area contributed by atoms with E-state index in [1.807, 2.05) is 97.4 Å². The topological polar surface area (TPSA) is 43.2 Å². The molecule has 0 atom stereocenters. The predicted octanol–water partition coefficient (Wildman–Crippen LogP) is 12.7. The first-order chi connectivity index (χ1) is 28.2. The molecule has 1 aliphatic carbocycles. The van der Waals surface area contributed by atoms with Gasteiger partial charge >= 0.3 is 0 Å². The van der Waals surface area contributed by atoms with Crippen molar-refractivity contribution in [1.29, 1.82) is 0 Å². The van der Waals surface area contributed by atoms with Gasteiger partial charge in [-0.15, -0.1) is 0 Å². The Hall–Kier alpha value is -7.30. The molecule has 57 heavy (non-hydrogen) atoms. The third kappa shape index (κ3) is 7.54. The minimum absolute atomic E-state index is 0.511. The van der Waals surface area contributed by atoms with Crippen molar-refractivity contribution < 1.29 is 9.47 Å². The van der Waals surface area contributed by atoms with E-state index in [-0.39, 0.29) is 0 Å². The van der Waals surface area contributed by atoms with Gasteiger partial charge in [0.1, 0.15) is 24.7 Å². The summed E-state index contributed by atoms with van der Waals surface area (Å²) >= 11 is 0. The molecule has 0 heterocycles. The van der Waals surface area contributed by atoms with E-state index >= 15 is 0 Å². The van der Waals surface area contributed by atoms with Gasteiger partial charge in [0.2, 0.25) is 0 Å². The van der Waals surface area contributed by atoms with Crippen molar-refractivity contribution in [3.05, 3.63) is 251 Å². The minimum Gasteiger partial charge on any atom is -0.489 e. The van der Waals surface area contributed by atoms with Gasteiger partial charge in [-0.2, -0.15) is 0 Å². The summed E-state index contributed by atoms with van der Waals surface area (Å²) in [7, 11) is 0. The van der Waals surface area contributed by atoms with Gasteiger partial charge in [0, 0.05) is 12.4 Å². The summed E-state index contributed by atoms with van der Waals surface area (Å²) in [5.41, 5.74) is 13.0. The van der Waals surface area contributed by atoms with Gasteiger partial charge in [-0.05, 0) is 128 Å². The van der Waals surface area contributed by atoms with Crippen molar-refractivity contribution in [3.8, 4) is 22.6 Å². The van der Waals surface area contributed by atoms with Crippen LogP contribution in [0.5, 0.6) is 11.5 Å². The number of rotatable bonds is 12. The van der Waals surface area contributed by atoms with Crippen LogP contribution in [-0.4, -0.2) is 12.4 Å². The maximum absolute atomic E-state index is 5.97. The summed E-state index contributed by atoms with van der Waals surface area (Å²) in [6.07, 6.45) is 3.80. The first-order valence-electron chi connectivity index (χ1n) is 19.2. The van der Waals surface area contributed by atoms with Crippen LogP contribution in [0.2, 0.25) is 0 Å². The molecule has 0 unspecified atom stereocenters. The summed E-state index contributed by atoms with van der Waals surface area (Å²) in [5, 5.41) is 0. The number of benzene rings is 8. The fraction of sp³-hybridized carbons (Fsp3) is 0.0566. The Morgan fingerprint density at radius 3 is 1.14 bits per heavy atom. The normalized spacial score (nSPS) is 12.7. The molecular weight excluding hydrogens is 697 g/mol. The molecule has 0 bridgehead atoms. The third-order valence-electron chi connectivity index (χ3n) is 10.5. The number of ether oxygens (including phenoxy) is 2. The fourth-order valence-corrected chi connectivity index (χ4v) is 7.70. The van der Waals surface area contributed by atoms with Gasteiger partial charge in [-0.25, -0.2) is 0 Å². The number of hydrogen-bond acceptors (Lipinski definition) is 4. The maximum atomic E-state index is 5.97. The number of aliphatic imine (C=N–C) groups is 2.